The highest BCUT2D eigenvalue weighted by molar-refractivity contribution is 6.44. The molecule has 0 bridgehead atoms. The minimum Gasteiger partial charge on any atom is -0.452 e. The fourth-order valence-electron chi connectivity index (χ4n) is 1.14. The third-order valence-corrected chi connectivity index (χ3v) is 2.67. The molecule has 1 aromatic rings. The van der Waals surface area contributed by atoms with Crippen LogP contribution in [0.3, 0.4) is 0 Å². The van der Waals surface area contributed by atoms with Crippen LogP contribution in [0.15, 0.2) is 12.1 Å². The molecule has 0 unspecified atom stereocenters. The normalized spacial score (nSPS) is 9.79. The predicted molar refractivity (Wildman–Crippen MR) is 68.9 cm³/mol. The summed E-state index contributed by atoms with van der Waals surface area (Å²) in [7, 11) is 0. The second kappa shape index (κ2) is 6.26. The first kappa shape index (κ1) is 15.1. The van der Waals surface area contributed by atoms with E-state index in [1.165, 1.54) is 12.1 Å². The van der Waals surface area contributed by atoms with E-state index in [-0.39, 0.29) is 21.3 Å². The summed E-state index contributed by atoms with van der Waals surface area (Å²) < 4.78 is 4.62. The average Bonchev–Trinajstić information content (AvgIpc) is 2.29. The number of nitrogen functional groups attached to an aromatic ring is 1. The highest BCUT2D eigenvalue weighted by atomic mass is 35.5. The van der Waals surface area contributed by atoms with Crippen molar-refractivity contribution in [3.8, 4) is 0 Å². The third-order valence-electron chi connectivity index (χ3n) is 1.87. The van der Waals surface area contributed by atoms with Crippen molar-refractivity contribution in [2.24, 2.45) is 5.73 Å². The van der Waals surface area contributed by atoms with Crippen LogP contribution in [0.2, 0.25) is 10.0 Å². The molecule has 9 heteroatoms. The van der Waals surface area contributed by atoms with Crippen LogP contribution in [-0.2, 0) is 9.53 Å². The Labute approximate surface area is 117 Å². The standard InChI is InChI=1S/C10H9Cl2N3O4/c11-6-2-4(13)1-5(8(6)12)9(17)19-3-7(16)15-10(14)18/h1-2H,3,13H2,(H3,14,15,16,18). The number of amides is 3. The van der Waals surface area contributed by atoms with Gasteiger partial charge in [0.25, 0.3) is 5.91 Å². The van der Waals surface area contributed by atoms with Crippen LogP contribution in [0.1, 0.15) is 10.4 Å². The van der Waals surface area contributed by atoms with Gasteiger partial charge in [0.15, 0.2) is 6.61 Å². The summed E-state index contributed by atoms with van der Waals surface area (Å²) in [5, 5.41) is 1.76. The first-order valence-corrected chi connectivity index (χ1v) is 5.57. The number of nitrogens with one attached hydrogen (secondary N) is 1. The topological polar surface area (TPSA) is 125 Å². The number of nitrogens with two attached hydrogens (primary N) is 2. The Morgan fingerprint density at radius 1 is 1.26 bits per heavy atom. The molecular formula is C10H9Cl2N3O4. The Hall–Kier alpha value is -1.99. The molecule has 7 nitrogen and oxygen atoms in total. The molecule has 0 fully saturated rings. The largest absolute Gasteiger partial charge is 0.452 e. The van der Waals surface area contributed by atoms with Gasteiger partial charge < -0.3 is 16.2 Å². The zero-order valence-electron chi connectivity index (χ0n) is 9.41. The van der Waals surface area contributed by atoms with E-state index in [9.17, 15) is 14.4 Å². The van der Waals surface area contributed by atoms with Gasteiger partial charge in [-0.05, 0) is 12.1 Å². The van der Waals surface area contributed by atoms with Crippen molar-refractivity contribution in [3.63, 3.8) is 0 Å². The summed E-state index contributed by atoms with van der Waals surface area (Å²) in [5.41, 5.74) is 10.3. The van der Waals surface area contributed by atoms with E-state index >= 15 is 0 Å². The molecule has 1 aromatic carbocycles. The fourth-order valence-corrected chi connectivity index (χ4v) is 1.55. The SMILES string of the molecule is NC(=O)NC(=O)COC(=O)c1cc(N)cc(Cl)c1Cl. The fraction of sp³-hybridized carbons (Fsp3) is 0.100. The Balaban J connectivity index is 2.74. The number of esters is 1. The lowest BCUT2D eigenvalue weighted by molar-refractivity contribution is -0.123. The minimum absolute atomic E-state index is 0.0452. The van der Waals surface area contributed by atoms with Gasteiger partial charge in [-0.1, -0.05) is 23.2 Å². The molecule has 0 aromatic heterocycles. The van der Waals surface area contributed by atoms with Gasteiger partial charge in [-0.3, -0.25) is 10.1 Å². The number of ether oxygens (including phenoxy) is 1. The number of hydrogen-bond acceptors (Lipinski definition) is 5. The monoisotopic (exact) mass is 305 g/mol. The quantitative estimate of drug-likeness (QED) is 0.566. The van der Waals surface area contributed by atoms with Crippen LogP contribution in [-0.4, -0.2) is 24.5 Å². The molecule has 0 spiro atoms. The van der Waals surface area contributed by atoms with Crippen molar-refractivity contribution in [1.82, 2.24) is 5.32 Å². The highest BCUT2D eigenvalue weighted by Gasteiger charge is 2.17. The first-order chi connectivity index (χ1) is 8.81. The van der Waals surface area contributed by atoms with Crippen molar-refractivity contribution < 1.29 is 19.1 Å². The van der Waals surface area contributed by atoms with E-state index in [1.807, 2.05) is 0 Å². The number of imide groups is 1. The minimum atomic E-state index is -1.05. The summed E-state index contributed by atoms with van der Waals surface area (Å²) >= 11 is 11.5. The lowest BCUT2D eigenvalue weighted by Gasteiger charge is -2.07. The number of halogens is 2. The van der Waals surface area contributed by atoms with Gasteiger partial charge in [0.1, 0.15) is 0 Å². The van der Waals surface area contributed by atoms with E-state index in [2.05, 4.69) is 4.74 Å². The molecule has 1 rings (SSSR count). The number of benzene rings is 1. The molecule has 0 aliphatic carbocycles. The third kappa shape index (κ3) is 4.31. The molecule has 0 aliphatic rings. The zero-order chi connectivity index (χ0) is 14.6. The number of rotatable bonds is 3. The second-order valence-electron chi connectivity index (χ2n) is 3.35. The Morgan fingerprint density at radius 3 is 2.47 bits per heavy atom. The number of urea groups is 1. The van der Waals surface area contributed by atoms with Gasteiger partial charge in [-0.2, -0.15) is 0 Å². The van der Waals surface area contributed by atoms with E-state index in [1.54, 1.807) is 5.32 Å². The number of anilines is 1. The Kier molecular flexibility index (Phi) is 4.96. The highest BCUT2D eigenvalue weighted by Crippen LogP contribution is 2.29. The van der Waals surface area contributed by atoms with Crippen molar-refractivity contribution in [2.45, 2.75) is 0 Å². The van der Waals surface area contributed by atoms with Crippen molar-refractivity contribution in [1.29, 1.82) is 0 Å². The molecule has 0 radical (unpaired) electrons. The van der Waals surface area contributed by atoms with Crippen molar-refractivity contribution >= 4 is 46.8 Å². The summed E-state index contributed by atoms with van der Waals surface area (Å²) in [5.74, 6) is -1.77. The molecule has 19 heavy (non-hydrogen) atoms. The van der Waals surface area contributed by atoms with E-state index in [0.29, 0.717) is 0 Å². The summed E-state index contributed by atoms with van der Waals surface area (Å²) in [4.78, 5) is 33.0. The smallest absolute Gasteiger partial charge is 0.340 e. The summed E-state index contributed by atoms with van der Waals surface area (Å²) in [6.45, 7) is -0.690. The van der Waals surface area contributed by atoms with Gasteiger partial charge in [-0.15, -0.1) is 0 Å². The molecular weight excluding hydrogens is 297 g/mol. The maximum absolute atomic E-state index is 11.6. The van der Waals surface area contributed by atoms with Crippen molar-refractivity contribution in [3.05, 3.63) is 27.7 Å². The Bertz CT molecular complexity index is 548. The van der Waals surface area contributed by atoms with Gasteiger partial charge >= 0.3 is 12.0 Å². The maximum atomic E-state index is 11.6. The molecule has 0 atom stereocenters. The van der Waals surface area contributed by atoms with Crippen LogP contribution in [0.4, 0.5) is 10.5 Å². The van der Waals surface area contributed by atoms with E-state index < -0.39 is 24.5 Å². The number of carbonyl (C=O) groups is 3. The first-order valence-electron chi connectivity index (χ1n) is 4.82. The number of primary amides is 1. The van der Waals surface area contributed by atoms with Crippen LogP contribution >= 0.6 is 23.2 Å². The molecule has 0 aliphatic heterocycles. The van der Waals surface area contributed by atoms with E-state index in [0.717, 1.165) is 0 Å². The molecule has 0 saturated carbocycles. The predicted octanol–water partition coefficient (Wildman–Crippen LogP) is 0.927. The van der Waals surface area contributed by atoms with Crippen LogP contribution < -0.4 is 16.8 Å². The molecule has 0 saturated heterocycles. The van der Waals surface area contributed by atoms with E-state index in [4.69, 9.17) is 34.7 Å². The van der Waals surface area contributed by atoms with Crippen LogP contribution in [0.5, 0.6) is 0 Å². The molecule has 3 amide bonds. The zero-order valence-corrected chi connectivity index (χ0v) is 10.9. The number of carbonyl (C=O) groups excluding carboxylic acids is 3. The average molecular weight is 306 g/mol. The van der Waals surface area contributed by atoms with Gasteiger partial charge in [0.2, 0.25) is 0 Å². The lowest BCUT2D eigenvalue weighted by atomic mass is 10.2. The van der Waals surface area contributed by atoms with Gasteiger partial charge in [-0.25, -0.2) is 9.59 Å². The lowest BCUT2D eigenvalue weighted by Crippen LogP contribution is -2.37. The van der Waals surface area contributed by atoms with Gasteiger partial charge in [0.05, 0.1) is 15.6 Å². The Morgan fingerprint density at radius 2 is 1.89 bits per heavy atom. The van der Waals surface area contributed by atoms with Gasteiger partial charge in [0, 0.05) is 5.69 Å². The molecule has 5 N–H and O–H groups in total. The maximum Gasteiger partial charge on any atom is 0.340 e. The van der Waals surface area contributed by atoms with Crippen LogP contribution in [0.25, 0.3) is 0 Å². The van der Waals surface area contributed by atoms with Crippen LogP contribution in [0, 0.1) is 0 Å². The second-order valence-corrected chi connectivity index (χ2v) is 4.14. The number of hydrogen-bond donors (Lipinski definition) is 3. The summed E-state index contributed by atoms with van der Waals surface area (Å²) in [6, 6.07) is 1.56. The molecule has 0 heterocycles. The summed E-state index contributed by atoms with van der Waals surface area (Å²) in [6.07, 6.45) is 0. The molecule has 102 valence electrons. The van der Waals surface area contributed by atoms with Crippen molar-refractivity contribution in [2.75, 3.05) is 12.3 Å².